The normalized spacial score (nSPS) is 17.1. The van der Waals surface area contributed by atoms with Gasteiger partial charge in [-0.2, -0.15) is 5.10 Å². The highest BCUT2D eigenvalue weighted by Crippen LogP contribution is 2.52. The van der Waals surface area contributed by atoms with Crippen molar-refractivity contribution in [2.75, 3.05) is 23.3 Å². The molecule has 4 heterocycles. The van der Waals surface area contributed by atoms with Gasteiger partial charge in [0.2, 0.25) is 0 Å². The molecule has 0 atom stereocenters. The number of nitrogens with one attached hydrogen (secondary N) is 2. The Bertz CT molecular complexity index is 1300. The average Bonchev–Trinajstić information content (AvgIpc) is 3.22. The number of piperidine rings is 1. The van der Waals surface area contributed by atoms with Gasteiger partial charge in [-0.05, 0) is 61.4 Å². The van der Waals surface area contributed by atoms with Crippen molar-refractivity contribution in [1.29, 1.82) is 0 Å². The van der Waals surface area contributed by atoms with Crippen molar-refractivity contribution in [2.45, 2.75) is 25.7 Å². The molecule has 6 rings (SSSR count). The predicted octanol–water partition coefficient (Wildman–Crippen LogP) is 4.52. The van der Waals surface area contributed by atoms with Gasteiger partial charge in [-0.3, -0.25) is 4.79 Å². The summed E-state index contributed by atoms with van der Waals surface area (Å²) in [6.45, 7) is 2.15. The van der Waals surface area contributed by atoms with Gasteiger partial charge in [0.25, 0.3) is 5.91 Å². The largest absolute Gasteiger partial charge is 0.359 e. The van der Waals surface area contributed by atoms with Crippen LogP contribution in [0.5, 0.6) is 0 Å². The second-order valence-electron chi connectivity index (χ2n) is 8.92. The molecular formula is C24H23FN6O. The van der Waals surface area contributed by atoms with Gasteiger partial charge in [0.05, 0.1) is 29.3 Å². The summed E-state index contributed by atoms with van der Waals surface area (Å²) in [4.78, 5) is 22.8. The number of aromatic nitrogens is 4. The Hall–Kier alpha value is -3.68. The van der Waals surface area contributed by atoms with Crippen LogP contribution in [-0.2, 0) is 0 Å². The van der Waals surface area contributed by atoms with E-state index in [2.05, 4.69) is 25.3 Å². The minimum atomic E-state index is -0.354. The van der Waals surface area contributed by atoms with Crippen LogP contribution in [0, 0.1) is 11.2 Å². The maximum atomic E-state index is 13.6. The molecule has 8 heteroatoms. The maximum absolute atomic E-state index is 13.6. The minimum absolute atomic E-state index is 0.311. The van der Waals surface area contributed by atoms with Crippen LogP contribution in [0.15, 0.2) is 55.1 Å². The number of carbonyl (C=O) groups excluding carboxylic acids is 1. The third-order valence-corrected chi connectivity index (χ3v) is 6.68. The van der Waals surface area contributed by atoms with E-state index in [0.29, 0.717) is 22.1 Å². The number of carbonyl (C=O) groups is 1. The zero-order chi connectivity index (χ0) is 21.7. The number of amides is 1. The van der Waals surface area contributed by atoms with Crippen LogP contribution in [0.3, 0.4) is 0 Å². The second-order valence-corrected chi connectivity index (χ2v) is 8.92. The number of fused-ring (bicyclic) bond motifs is 1. The van der Waals surface area contributed by atoms with Crippen LogP contribution in [-0.4, -0.2) is 38.7 Å². The maximum Gasteiger partial charge on any atom is 0.258 e. The summed E-state index contributed by atoms with van der Waals surface area (Å²) in [5.41, 5.74) is 3.02. The number of hydrogen-bond donors (Lipinski definition) is 2. The molecule has 1 aromatic carbocycles. The van der Waals surface area contributed by atoms with Gasteiger partial charge in [-0.1, -0.05) is 0 Å². The molecule has 1 aliphatic carbocycles. The fraction of sp³-hybridized carbons (Fsp3) is 0.292. The predicted molar refractivity (Wildman–Crippen MR) is 121 cm³/mol. The van der Waals surface area contributed by atoms with Crippen LogP contribution in [0.4, 0.5) is 15.9 Å². The van der Waals surface area contributed by atoms with Gasteiger partial charge in [0.15, 0.2) is 0 Å². The fourth-order valence-electron chi connectivity index (χ4n) is 4.66. The fourth-order valence-corrected chi connectivity index (χ4v) is 4.66. The van der Waals surface area contributed by atoms with Crippen molar-refractivity contribution in [2.24, 2.45) is 5.41 Å². The van der Waals surface area contributed by atoms with Crippen LogP contribution in [0.2, 0.25) is 0 Å². The summed E-state index contributed by atoms with van der Waals surface area (Å²) in [5.74, 6) is 0.332. The van der Waals surface area contributed by atoms with Crippen LogP contribution in [0.1, 0.15) is 36.0 Å². The number of anilines is 2. The minimum Gasteiger partial charge on any atom is -0.359 e. The molecule has 0 radical (unpaired) electrons. The molecule has 1 amide bonds. The molecule has 1 aliphatic heterocycles. The van der Waals surface area contributed by atoms with Gasteiger partial charge in [0.1, 0.15) is 11.6 Å². The first kappa shape index (κ1) is 19.0. The first-order chi connectivity index (χ1) is 15.6. The van der Waals surface area contributed by atoms with E-state index in [0.717, 1.165) is 30.1 Å². The Morgan fingerprint density at radius 2 is 2.06 bits per heavy atom. The quantitative estimate of drug-likeness (QED) is 0.499. The summed E-state index contributed by atoms with van der Waals surface area (Å²) in [7, 11) is 0. The molecule has 0 unspecified atom stereocenters. The smallest absolute Gasteiger partial charge is 0.258 e. The van der Waals surface area contributed by atoms with Crippen molar-refractivity contribution >= 4 is 28.3 Å². The van der Waals surface area contributed by atoms with Crippen molar-refractivity contribution in [3.05, 3.63) is 66.5 Å². The zero-order valence-corrected chi connectivity index (χ0v) is 17.5. The molecule has 1 spiro atoms. The molecular weight excluding hydrogens is 407 g/mol. The second kappa shape index (κ2) is 7.19. The summed E-state index contributed by atoms with van der Waals surface area (Å²) < 4.78 is 15.2. The highest BCUT2D eigenvalue weighted by Gasteiger charge is 2.45. The highest BCUT2D eigenvalue weighted by molar-refractivity contribution is 6.08. The number of benzene rings is 1. The molecule has 7 nitrogen and oxygen atoms in total. The molecule has 1 saturated carbocycles. The third kappa shape index (κ3) is 3.41. The van der Waals surface area contributed by atoms with E-state index in [-0.39, 0.29) is 11.7 Å². The summed E-state index contributed by atoms with van der Waals surface area (Å²) in [5, 5.41) is 7.77. The average molecular weight is 430 g/mol. The van der Waals surface area contributed by atoms with Gasteiger partial charge < -0.3 is 15.2 Å². The van der Waals surface area contributed by atoms with E-state index in [9.17, 15) is 9.18 Å². The molecule has 1 saturated heterocycles. The van der Waals surface area contributed by atoms with Crippen molar-refractivity contribution in [3.8, 4) is 5.69 Å². The number of nitrogens with zero attached hydrogens (tertiary/aromatic N) is 4. The highest BCUT2D eigenvalue weighted by atomic mass is 19.1. The summed E-state index contributed by atoms with van der Waals surface area (Å²) in [6.07, 6.45) is 11.9. The molecule has 32 heavy (non-hydrogen) atoms. The van der Waals surface area contributed by atoms with Crippen LogP contribution in [0.25, 0.3) is 16.6 Å². The number of H-pyrrole nitrogens is 1. The van der Waals surface area contributed by atoms with Crippen molar-refractivity contribution < 1.29 is 9.18 Å². The van der Waals surface area contributed by atoms with Crippen LogP contribution >= 0.6 is 0 Å². The summed E-state index contributed by atoms with van der Waals surface area (Å²) >= 11 is 0. The lowest BCUT2D eigenvalue weighted by atomic mass is 9.95. The molecule has 2 fully saturated rings. The van der Waals surface area contributed by atoms with Crippen molar-refractivity contribution in [1.82, 2.24) is 19.7 Å². The van der Waals surface area contributed by atoms with E-state index in [1.54, 1.807) is 29.3 Å². The molecule has 4 aromatic rings. The lowest BCUT2D eigenvalue weighted by Crippen LogP contribution is -2.36. The Labute approximate surface area is 184 Å². The Balaban J connectivity index is 1.17. The SMILES string of the molecule is O=C(Nc1c[nH]c2ccc(F)cc12)c1cnn(-c2ccc(N3CCCC4(CC4)C3)nc2)c1. The molecule has 3 aromatic heterocycles. The Kier molecular flexibility index (Phi) is 4.28. The number of hydrogen-bond acceptors (Lipinski definition) is 4. The van der Waals surface area contributed by atoms with Crippen LogP contribution < -0.4 is 10.2 Å². The molecule has 2 aliphatic rings. The van der Waals surface area contributed by atoms with E-state index in [1.165, 1.54) is 44.0 Å². The Morgan fingerprint density at radius 3 is 2.88 bits per heavy atom. The summed E-state index contributed by atoms with van der Waals surface area (Å²) in [6, 6.07) is 8.42. The van der Waals surface area contributed by atoms with E-state index < -0.39 is 0 Å². The van der Waals surface area contributed by atoms with E-state index in [1.807, 2.05) is 12.1 Å². The monoisotopic (exact) mass is 430 g/mol. The van der Waals surface area contributed by atoms with E-state index in [4.69, 9.17) is 0 Å². The lowest BCUT2D eigenvalue weighted by Gasteiger charge is -2.33. The molecule has 0 bridgehead atoms. The zero-order valence-electron chi connectivity index (χ0n) is 17.5. The van der Waals surface area contributed by atoms with Gasteiger partial charge in [-0.15, -0.1) is 0 Å². The van der Waals surface area contributed by atoms with Gasteiger partial charge in [-0.25, -0.2) is 14.1 Å². The number of aromatic amines is 1. The Morgan fingerprint density at radius 1 is 1.16 bits per heavy atom. The molecule has 2 N–H and O–H groups in total. The van der Waals surface area contributed by atoms with Crippen molar-refractivity contribution in [3.63, 3.8) is 0 Å². The lowest BCUT2D eigenvalue weighted by molar-refractivity contribution is 0.102. The third-order valence-electron chi connectivity index (χ3n) is 6.68. The van der Waals surface area contributed by atoms with Gasteiger partial charge >= 0.3 is 0 Å². The molecule has 162 valence electrons. The first-order valence-corrected chi connectivity index (χ1v) is 10.9. The first-order valence-electron chi connectivity index (χ1n) is 10.9. The van der Waals surface area contributed by atoms with E-state index >= 15 is 0 Å². The standard InChI is InChI=1S/C24H23FN6O/c25-17-2-4-20-19(10-17)21(13-26-20)29-23(32)16-11-28-31(14-16)18-3-5-22(27-12-18)30-9-1-6-24(15-30)7-8-24/h2-5,10-14,26H,1,6-9,15H2,(H,29,32). The topological polar surface area (TPSA) is 78.8 Å². The number of pyridine rings is 1. The number of rotatable bonds is 4. The number of halogens is 1. The van der Waals surface area contributed by atoms with Gasteiger partial charge in [0, 0.05) is 36.4 Å².